The number of benzene rings is 2. The number of aliphatic imine (C=N–C) groups is 1. The van der Waals surface area contributed by atoms with Gasteiger partial charge in [0.25, 0.3) is 5.91 Å². The van der Waals surface area contributed by atoms with Gasteiger partial charge in [0.15, 0.2) is 5.96 Å². The highest BCUT2D eigenvalue weighted by Crippen LogP contribution is 2.25. The van der Waals surface area contributed by atoms with Crippen molar-refractivity contribution in [1.82, 2.24) is 4.98 Å². The summed E-state index contributed by atoms with van der Waals surface area (Å²) in [5.74, 6) is -0.733. The van der Waals surface area contributed by atoms with Crippen LogP contribution in [0.2, 0.25) is 0 Å². The van der Waals surface area contributed by atoms with Gasteiger partial charge in [0, 0.05) is 10.9 Å². The topological polar surface area (TPSA) is 94.4 Å². The number of guanidine groups is 1. The van der Waals surface area contributed by atoms with E-state index < -0.39 is 5.91 Å². The Morgan fingerprint density at radius 3 is 2.30 bits per heavy atom. The van der Waals surface area contributed by atoms with Crippen molar-refractivity contribution in [3.8, 4) is 11.3 Å². The first-order chi connectivity index (χ1) is 10.6. The molecule has 0 fully saturated rings. The molecular weight excluding hydrogens is 312 g/mol. The summed E-state index contributed by atoms with van der Waals surface area (Å²) in [4.78, 5) is 20.5. The molecule has 1 heterocycles. The molecule has 23 heavy (non-hydrogen) atoms. The van der Waals surface area contributed by atoms with E-state index in [0.717, 1.165) is 16.5 Å². The van der Waals surface area contributed by atoms with Crippen molar-refractivity contribution in [3.05, 3.63) is 66.2 Å². The number of pyridine rings is 1. The summed E-state index contributed by atoms with van der Waals surface area (Å²) in [6.45, 7) is 0. The highest BCUT2D eigenvalue weighted by Gasteiger charge is 2.13. The maximum Gasteiger partial charge on any atom is 0.280 e. The summed E-state index contributed by atoms with van der Waals surface area (Å²) in [6, 6.07) is 18.8. The van der Waals surface area contributed by atoms with E-state index in [1.54, 1.807) is 6.07 Å². The number of aromatic nitrogens is 1. The molecule has 0 saturated carbocycles. The summed E-state index contributed by atoms with van der Waals surface area (Å²) in [5.41, 5.74) is 13.4. The molecule has 4 N–H and O–H groups in total. The highest BCUT2D eigenvalue weighted by atomic mass is 35.5. The molecule has 0 aliphatic heterocycles. The SMILES string of the molecule is Cl.NC(N)=NC(=O)c1cc(-c2ccccc2)nc2ccccc12. The first-order valence-corrected chi connectivity index (χ1v) is 6.74. The number of nitrogens with zero attached hydrogens (tertiary/aromatic N) is 2. The Labute approximate surface area is 139 Å². The average molecular weight is 327 g/mol. The van der Waals surface area contributed by atoms with Crippen LogP contribution in [0.4, 0.5) is 0 Å². The first-order valence-electron chi connectivity index (χ1n) is 6.74. The maximum absolute atomic E-state index is 12.3. The smallest absolute Gasteiger partial charge is 0.280 e. The Bertz CT molecular complexity index is 874. The van der Waals surface area contributed by atoms with Crippen molar-refractivity contribution in [2.24, 2.45) is 16.5 Å². The molecule has 0 bridgehead atoms. The fourth-order valence-corrected chi connectivity index (χ4v) is 2.29. The molecule has 0 aliphatic carbocycles. The number of rotatable bonds is 2. The number of hydrogen-bond acceptors (Lipinski definition) is 2. The Kier molecular flexibility index (Phi) is 4.93. The Hall–Kier alpha value is -2.92. The highest BCUT2D eigenvalue weighted by molar-refractivity contribution is 6.10. The fourth-order valence-electron chi connectivity index (χ4n) is 2.29. The van der Waals surface area contributed by atoms with Crippen molar-refractivity contribution in [2.75, 3.05) is 0 Å². The van der Waals surface area contributed by atoms with E-state index in [1.807, 2.05) is 54.6 Å². The largest absolute Gasteiger partial charge is 0.370 e. The van der Waals surface area contributed by atoms with E-state index in [4.69, 9.17) is 11.5 Å². The van der Waals surface area contributed by atoms with Gasteiger partial charge in [0.05, 0.1) is 16.8 Å². The Morgan fingerprint density at radius 2 is 1.61 bits per heavy atom. The molecule has 0 atom stereocenters. The van der Waals surface area contributed by atoms with Crippen LogP contribution in [0.5, 0.6) is 0 Å². The van der Waals surface area contributed by atoms with E-state index in [0.29, 0.717) is 11.3 Å². The molecule has 3 rings (SSSR count). The summed E-state index contributed by atoms with van der Waals surface area (Å²) >= 11 is 0. The summed E-state index contributed by atoms with van der Waals surface area (Å²) < 4.78 is 0. The summed E-state index contributed by atoms with van der Waals surface area (Å²) in [7, 11) is 0. The Balaban J connectivity index is 0.00000192. The van der Waals surface area contributed by atoms with Gasteiger partial charge in [-0.1, -0.05) is 48.5 Å². The van der Waals surface area contributed by atoms with Crippen LogP contribution in [0.1, 0.15) is 10.4 Å². The van der Waals surface area contributed by atoms with Gasteiger partial charge in [-0.2, -0.15) is 4.99 Å². The van der Waals surface area contributed by atoms with Crippen LogP contribution in [0.25, 0.3) is 22.2 Å². The van der Waals surface area contributed by atoms with Crippen molar-refractivity contribution >= 4 is 35.2 Å². The predicted octanol–water partition coefficient (Wildman–Crippen LogP) is 2.74. The lowest BCUT2D eigenvalue weighted by molar-refractivity contribution is 0.100. The summed E-state index contributed by atoms with van der Waals surface area (Å²) in [6.07, 6.45) is 0. The maximum atomic E-state index is 12.3. The third kappa shape index (κ3) is 3.46. The van der Waals surface area contributed by atoms with Gasteiger partial charge in [-0.15, -0.1) is 12.4 Å². The molecule has 1 amide bonds. The lowest BCUT2D eigenvalue weighted by atomic mass is 10.0. The van der Waals surface area contributed by atoms with E-state index in [9.17, 15) is 4.79 Å². The minimum atomic E-state index is -0.476. The third-order valence-corrected chi connectivity index (χ3v) is 3.25. The van der Waals surface area contributed by atoms with Gasteiger partial charge in [-0.3, -0.25) is 4.79 Å². The number of halogens is 1. The van der Waals surface area contributed by atoms with Crippen LogP contribution in [0.15, 0.2) is 65.7 Å². The van der Waals surface area contributed by atoms with Crippen LogP contribution in [-0.4, -0.2) is 16.9 Å². The van der Waals surface area contributed by atoms with Crippen LogP contribution in [0, 0.1) is 0 Å². The second kappa shape index (κ2) is 6.89. The predicted molar refractivity (Wildman–Crippen MR) is 94.6 cm³/mol. The third-order valence-electron chi connectivity index (χ3n) is 3.25. The minimum absolute atomic E-state index is 0. The molecule has 5 nitrogen and oxygen atoms in total. The molecule has 6 heteroatoms. The van der Waals surface area contributed by atoms with Gasteiger partial charge in [-0.05, 0) is 12.1 Å². The number of nitrogens with two attached hydrogens (primary N) is 2. The van der Waals surface area contributed by atoms with Gasteiger partial charge < -0.3 is 11.5 Å². The fraction of sp³-hybridized carbons (Fsp3) is 0. The number of fused-ring (bicyclic) bond motifs is 1. The number of amides is 1. The molecule has 2 aromatic carbocycles. The molecule has 116 valence electrons. The monoisotopic (exact) mass is 326 g/mol. The van der Waals surface area contributed by atoms with Gasteiger partial charge in [-0.25, -0.2) is 4.98 Å². The quantitative estimate of drug-likeness (QED) is 0.559. The summed E-state index contributed by atoms with van der Waals surface area (Å²) in [5, 5.41) is 0.720. The van der Waals surface area contributed by atoms with Crippen molar-refractivity contribution in [3.63, 3.8) is 0 Å². The van der Waals surface area contributed by atoms with Crippen LogP contribution in [-0.2, 0) is 0 Å². The standard InChI is InChI=1S/C17H14N4O.ClH/c18-17(19)21-16(22)13-10-15(11-6-2-1-3-7-11)20-14-9-5-4-8-12(13)14;/h1-10H,(H4,18,19,21,22);1H. The molecule has 0 radical (unpaired) electrons. The molecule has 0 unspecified atom stereocenters. The van der Waals surface area contributed by atoms with E-state index in [1.165, 1.54) is 0 Å². The second-order valence-corrected chi connectivity index (χ2v) is 4.78. The molecule has 3 aromatic rings. The minimum Gasteiger partial charge on any atom is -0.370 e. The first kappa shape index (κ1) is 16.5. The van der Waals surface area contributed by atoms with E-state index in [-0.39, 0.29) is 18.4 Å². The van der Waals surface area contributed by atoms with Gasteiger partial charge >= 0.3 is 0 Å². The van der Waals surface area contributed by atoms with E-state index >= 15 is 0 Å². The second-order valence-electron chi connectivity index (χ2n) is 4.78. The molecular formula is C17H15ClN4O. The zero-order valence-electron chi connectivity index (χ0n) is 12.1. The van der Waals surface area contributed by atoms with Crippen LogP contribution < -0.4 is 11.5 Å². The zero-order chi connectivity index (χ0) is 15.5. The zero-order valence-corrected chi connectivity index (χ0v) is 13.0. The Morgan fingerprint density at radius 1 is 0.957 bits per heavy atom. The molecule has 1 aromatic heterocycles. The van der Waals surface area contributed by atoms with Crippen molar-refractivity contribution in [1.29, 1.82) is 0 Å². The van der Waals surface area contributed by atoms with Gasteiger partial charge in [0.2, 0.25) is 0 Å². The normalized spacial score (nSPS) is 9.91. The lowest BCUT2D eigenvalue weighted by Crippen LogP contribution is -2.24. The number of para-hydroxylation sites is 1. The van der Waals surface area contributed by atoms with E-state index in [2.05, 4.69) is 9.98 Å². The van der Waals surface area contributed by atoms with Crippen LogP contribution in [0.3, 0.4) is 0 Å². The van der Waals surface area contributed by atoms with Crippen molar-refractivity contribution in [2.45, 2.75) is 0 Å². The van der Waals surface area contributed by atoms with Gasteiger partial charge in [0.1, 0.15) is 0 Å². The number of carbonyl (C=O) groups excluding carboxylic acids is 1. The number of carbonyl (C=O) groups is 1. The molecule has 0 saturated heterocycles. The number of hydrogen-bond donors (Lipinski definition) is 2. The van der Waals surface area contributed by atoms with Crippen molar-refractivity contribution < 1.29 is 4.79 Å². The lowest BCUT2D eigenvalue weighted by Gasteiger charge is -2.07. The average Bonchev–Trinajstić information content (AvgIpc) is 2.54. The van der Waals surface area contributed by atoms with Crippen LogP contribution >= 0.6 is 12.4 Å². The molecule has 0 aliphatic rings. The molecule has 0 spiro atoms.